The molecule has 3 aromatic rings. The molecule has 0 aliphatic carbocycles. The molecular weight excluding hydrogens is 398 g/mol. The second-order valence-electron chi connectivity index (χ2n) is 7.29. The van der Waals surface area contributed by atoms with Crippen LogP contribution < -0.4 is 9.47 Å². The van der Waals surface area contributed by atoms with Crippen molar-refractivity contribution in [1.82, 2.24) is 4.90 Å². The molecule has 7 nitrogen and oxygen atoms in total. The summed E-state index contributed by atoms with van der Waals surface area (Å²) in [6.07, 6.45) is 1.47. The maximum absolute atomic E-state index is 13.0. The van der Waals surface area contributed by atoms with E-state index in [-0.39, 0.29) is 17.9 Å². The Morgan fingerprint density at radius 2 is 1.74 bits per heavy atom. The van der Waals surface area contributed by atoms with Crippen molar-refractivity contribution in [2.45, 2.75) is 12.6 Å². The van der Waals surface area contributed by atoms with Crippen molar-refractivity contribution in [3.63, 3.8) is 0 Å². The van der Waals surface area contributed by atoms with Crippen molar-refractivity contribution in [2.75, 3.05) is 13.2 Å². The molecule has 0 spiro atoms. The van der Waals surface area contributed by atoms with Crippen LogP contribution in [-0.4, -0.2) is 34.9 Å². The molecule has 1 unspecified atom stereocenters. The van der Waals surface area contributed by atoms with E-state index in [0.29, 0.717) is 36.0 Å². The van der Waals surface area contributed by atoms with Crippen LogP contribution in [-0.2, 0) is 16.1 Å². The number of amides is 1. The van der Waals surface area contributed by atoms with Crippen molar-refractivity contribution in [2.24, 2.45) is 0 Å². The van der Waals surface area contributed by atoms with Crippen molar-refractivity contribution in [1.29, 1.82) is 0 Å². The van der Waals surface area contributed by atoms with Gasteiger partial charge in [0.1, 0.15) is 30.8 Å². The number of nitrogens with zero attached hydrogens (tertiary/aromatic N) is 1. The fourth-order valence-electron chi connectivity index (χ4n) is 3.91. The zero-order chi connectivity index (χ0) is 21.4. The van der Waals surface area contributed by atoms with Gasteiger partial charge in [-0.05, 0) is 35.9 Å². The number of aliphatic hydroxyl groups excluding tert-OH is 1. The van der Waals surface area contributed by atoms with E-state index in [4.69, 9.17) is 13.9 Å². The summed E-state index contributed by atoms with van der Waals surface area (Å²) in [5.74, 6) is -0.297. The van der Waals surface area contributed by atoms with Crippen LogP contribution in [0.1, 0.15) is 22.9 Å². The first-order chi connectivity index (χ1) is 15.1. The number of hydrogen-bond acceptors (Lipinski definition) is 6. The molecular formula is C24H19NO6. The number of hydrogen-bond donors (Lipinski definition) is 1. The van der Waals surface area contributed by atoms with Gasteiger partial charge >= 0.3 is 0 Å². The van der Waals surface area contributed by atoms with Crippen LogP contribution in [0.3, 0.4) is 0 Å². The third-order valence-electron chi connectivity index (χ3n) is 5.36. The average Bonchev–Trinajstić information content (AvgIpc) is 3.42. The lowest BCUT2D eigenvalue weighted by Gasteiger charge is -2.23. The van der Waals surface area contributed by atoms with Gasteiger partial charge in [0.25, 0.3) is 11.7 Å². The molecule has 5 rings (SSSR count). The SMILES string of the molecule is O=C1C(=O)N(Cc2ccccc2)C(c2ccco2)/C1=C(/O)c1ccc2c(c1)OCCO2. The van der Waals surface area contributed by atoms with Crippen LogP contribution in [0.15, 0.2) is 76.9 Å². The van der Waals surface area contributed by atoms with Crippen LogP contribution in [0.5, 0.6) is 11.5 Å². The van der Waals surface area contributed by atoms with Gasteiger partial charge in [0.2, 0.25) is 0 Å². The Morgan fingerprint density at radius 1 is 0.968 bits per heavy atom. The van der Waals surface area contributed by atoms with E-state index in [2.05, 4.69) is 0 Å². The summed E-state index contributed by atoms with van der Waals surface area (Å²) in [7, 11) is 0. The van der Waals surface area contributed by atoms with Crippen LogP contribution in [0.2, 0.25) is 0 Å². The Bertz CT molecular complexity index is 1170. The Kier molecular flexibility index (Phi) is 4.71. The number of rotatable bonds is 4. The fraction of sp³-hybridized carbons (Fsp3) is 0.167. The lowest BCUT2D eigenvalue weighted by atomic mass is 9.99. The van der Waals surface area contributed by atoms with E-state index in [1.54, 1.807) is 30.3 Å². The lowest BCUT2D eigenvalue weighted by molar-refractivity contribution is -0.140. The number of ether oxygens (including phenoxy) is 2. The maximum atomic E-state index is 13.0. The van der Waals surface area contributed by atoms with Crippen LogP contribution in [0.4, 0.5) is 0 Å². The Balaban J connectivity index is 1.60. The Hall–Kier alpha value is -4.00. The fourth-order valence-corrected chi connectivity index (χ4v) is 3.91. The van der Waals surface area contributed by atoms with Gasteiger partial charge in [-0.15, -0.1) is 0 Å². The first-order valence-corrected chi connectivity index (χ1v) is 9.89. The highest BCUT2D eigenvalue weighted by Crippen LogP contribution is 2.41. The van der Waals surface area contributed by atoms with Gasteiger partial charge in [0, 0.05) is 12.1 Å². The smallest absolute Gasteiger partial charge is 0.296 e. The van der Waals surface area contributed by atoms with Crippen molar-refractivity contribution in [3.8, 4) is 11.5 Å². The largest absolute Gasteiger partial charge is 0.507 e. The lowest BCUT2D eigenvalue weighted by Crippen LogP contribution is -2.29. The van der Waals surface area contributed by atoms with E-state index >= 15 is 0 Å². The summed E-state index contributed by atoms with van der Waals surface area (Å²) in [6.45, 7) is 1.04. The van der Waals surface area contributed by atoms with Gasteiger partial charge in [-0.3, -0.25) is 9.59 Å². The second kappa shape index (κ2) is 7.68. The van der Waals surface area contributed by atoms with Crippen molar-refractivity contribution in [3.05, 3.63) is 89.4 Å². The van der Waals surface area contributed by atoms with Crippen LogP contribution in [0.25, 0.3) is 5.76 Å². The first kappa shape index (κ1) is 19.0. The van der Waals surface area contributed by atoms with Crippen molar-refractivity contribution >= 4 is 17.4 Å². The molecule has 156 valence electrons. The summed E-state index contributed by atoms with van der Waals surface area (Å²) < 4.78 is 16.7. The molecule has 2 aliphatic heterocycles. The summed E-state index contributed by atoms with van der Waals surface area (Å²) in [6, 6.07) is 16.8. The normalized spacial score (nSPS) is 19.6. The average molecular weight is 417 g/mol. The molecule has 0 saturated carbocycles. The molecule has 0 radical (unpaired) electrons. The number of aliphatic hydroxyl groups is 1. The molecule has 2 aromatic carbocycles. The molecule has 7 heteroatoms. The first-order valence-electron chi connectivity index (χ1n) is 9.89. The molecule has 1 N–H and O–H groups in total. The Morgan fingerprint density at radius 3 is 2.48 bits per heavy atom. The van der Waals surface area contributed by atoms with E-state index in [1.807, 2.05) is 30.3 Å². The predicted molar refractivity (Wildman–Crippen MR) is 110 cm³/mol. The summed E-state index contributed by atoms with van der Waals surface area (Å²) in [4.78, 5) is 27.4. The topological polar surface area (TPSA) is 89.2 Å². The molecule has 1 saturated heterocycles. The van der Waals surface area contributed by atoms with Crippen molar-refractivity contribution < 1.29 is 28.6 Å². The number of furan rings is 1. The highest BCUT2D eigenvalue weighted by Gasteiger charge is 2.47. The van der Waals surface area contributed by atoms with E-state index in [9.17, 15) is 14.7 Å². The molecule has 3 heterocycles. The number of likely N-dealkylation sites (tertiary alicyclic amines) is 1. The monoisotopic (exact) mass is 417 g/mol. The van der Waals surface area contributed by atoms with Gasteiger partial charge in [0.15, 0.2) is 11.5 Å². The summed E-state index contributed by atoms with van der Waals surface area (Å²) >= 11 is 0. The molecule has 2 aliphatic rings. The standard InChI is InChI=1S/C24H19NO6/c26-22(16-8-9-17-19(13-16)31-12-11-30-17)20-21(18-7-4-10-29-18)25(24(28)23(20)27)14-15-5-2-1-3-6-15/h1-10,13,21,26H,11-12,14H2/b22-20-. The highest BCUT2D eigenvalue weighted by atomic mass is 16.6. The summed E-state index contributed by atoms with van der Waals surface area (Å²) in [5.41, 5.74) is 1.20. The predicted octanol–water partition coefficient (Wildman–Crippen LogP) is 3.67. The number of carbonyl (C=O) groups excluding carboxylic acids is 2. The number of Topliss-reactive ketones (excluding diaryl/α,β-unsaturated/α-hetero) is 1. The van der Waals surface area contributed by atoms with Gasteiger partial charge < -0.3 is 23.9 Å². The molecule has 1 atom stereocenters. The quantitative estimate of drug-likeness (QED) is 0.396. The minimum absolute atomic E-state index is 0.0208. The maximum Gasteiger partial charge on any atom is 0.296 e. The number of carbonyl (C=O) groups is 2. The summed E-state index contributed by atoms with van der Waals surface area (Å²) in [5, 5.41) is 11.1. The number of ketones is 1. The molecule has 1 amide bonds. The van der Waals surface area contributed by atoms with Gasteiger partial charge in [-0.25, -0.2) is 0 Å². The van der Waals surface area contributed by atoms with E-state index < -0.39 is 17.7 Å². The zero-order valence-corrected chi connectivity index (χ0v) is 16.5. The minimum Gasteiger partial charge on any atom is -0.507 e. The van der Waals surface area contributed by atoms with E-state index in [1.165, 1.54) is 11.2 Å². The Labute approximate surface area is 178 Å². The molecule has 1 fully saturated rings. The third kappa shape index (κ3) is 3.34. The van der Waals surface area contributed by atoms with Crippen LogP contribution in [0, 0.1) is 0 Å². The zero-order valence-electron chi connectivity index (χ0n) is 16.5. The second-order valence-corrected chi connectivity index (χ2v) is 7.29. The van der Waals surface area contributed by atoms with Crippen LogP contribution >= 0.6 is 0 Å². The number of benzene rings is 2. The van der Waals surface area contributed by atoms with E-state index in [0.717, 1.165) is 5.56 Å². The molecule has 0 bridgehead atoms. The van der Waals surface area contributed by atoms with Gasteiger partial charge in [0.05, 0.1) is 11.8 Å². The third-order valence-corrected chi connectivity index (χ3v) is 5.36. The minimum atomic E-state index is -0.844. The van der Waals surface area contributed by atoms with Gasteiger partial charge in [-0.2, -0.15) is 0 Å². The van der Waals surface area contributed by atoms with Gasteiger partial charge in [-0.1, -0.05) is 30.3 Å². The number of fused-ring (bicyclic) bond motifs is 1. The molecule has 1 aromatic heterocycles. The highest BCUT2D eigenvalue weighted by molar-refractivity contribution is 6.46. The molecule has 31 heavy (non-hydrogen) atoms.